The van der Waals surface area contributed by atoms with Gasteiger partial charge in [0.2, 0.25) is 0 Å². The van der Waals surface area contributed by atoms with Crippen molar-refractivity contribution in [3.63, 3.8) is 0 Å². The van der Waals surface area contributed by atoms with Crippen LogP contribution in [0.3, 0.4) is 0 Å². The Balaban J connectivity index is 1.80. The number of hydrogen-bond acceptors (Lipinski definition) is 5. The number of nitrogens with zero attached hydrogens (tertiary/aromatic N) is 3. The molecule has 164 valence electrons. The van der Waals surface area contributed by atoms with E-state index in [0.717, 1.165) is 21.5 Å². The fourth-order valence-electron chi connectivity index (χ4n) is 3.60. The largest absolute Gasteiger partial charge is 0.497 e. The lowest BCUT2D eigenvalue weighted by molar-refractivity contribution is 0.0529. The topological polar surface area (TPSA) is 89.2 Å². The van der Waals surface area contributed by atoms with E-state index in [0.29, 0.717) is 36.2 Å². The molecule has 2 aromatic carbocycles. The second-order valence-electron chi connectivity index (χ2n) is 7.39. The molecule has 2 heterocycles. The van der Waals surface area contributed by atoms with Gasteiger partial charge in [-0.2, -0.15) is 10.4 Å². The first-order valence-electron chi connectivity index (χ1n) is 9.97. The summed E-state index contributed by atoms with van der Waals surface area (Å²) >= 11 is 7.10. The number of halogens is 2. The standard InChI is InChI=1S/C23H20Br2N4O3/c1-31-18-7-5-15(6-8-18)21-19(25)20(28-29(21)17-4-2-3-16(24)13-17)22(30)27-23(14-26)9-11-32-12-10-23/h2-8,13H,9-12H2,1H3,(H,27,30). The zero-order chi connectivity index (χ0) is 22.7. The minimum Gasteiger partial charge on any atom is -0.497 e. The maximum atomic E-state index is 13.3. The Kier molecular flexibility index (Phi) is 6.65. The normalized spacial score (nSPS) is 15.1. The van der Waals surface area contributed by atoms with Crippen LogP contribution in [-0.4, -0.2) is 41.6 Å². The summed E-state index contributed by atoms with van der Waals surface area (Å²) < 4.78 is 13.8. The van der Waals surface area contributed by atoms with Crippen LogP contribution in [0.1, 0.15) is 23.3 Å². The van der Waals surface area contributed by atoms with Crippen LogP contribution in [0.25, 0.3) is 16.9 Å². The van der Waals surface area contributed by atoms with Gasteiger partial charge >= 0.3 is 0 Å². The maximum absolute atomic E-state index is 13.3. The van der Waals surface area contributed by atoms with Crippen molar-refractivity contribution >= 4 is 37.8 Å². The number of nitriles is 1. The molecule has 1 aliphatic heterocycles. The van der Waals surface area contributed by atoms with Crippen LogP contribution in [0.5, 0.6) is 5.75 Å². The van der Waals surface area contributed by atoms with Gasteiger partial charge in [0, 0.05) is 36.1 Å². The Morgan fingerprint density at radius 3 is 2.56 bits per heavy atom. The van der Waals surface area contributed by atoms with E-state index in [1.807, 2.05) is 48.5 Å². The third-order valence-electron chi connectivity index (χ3n) is 5.37. The molecule has 0 unspecified atom stereocenters. The zero-order valence-corrected chi connectivity index (χ0v) is 20.4. The molecule has 0 atom stereocenters. The Morgan fingerprint density at radius 1 is 1.22 bits per heavy atom. The summed E-state index contributed by atoms with van der Waals surface area (Å²) in [6.45, 7) is 0.858. The molecule has 0 saturated carbocycles. The molecule has 1 fully saturated rings. The summed E-state index contributed by atoms with van der Waals surface area (Å²) in [6.07, 6.45) is 0.870. The van der Waals surface area contributed by atoms with Crippen LogP contribution < -0.4 is 10.1 Å². The minimum atomic E-state index is -0.964. The van der Waals surface area contributed by atoms with E-state index in [4.69, 9.17) is 9.47 Å². The lowest BCUT2D eigenvalue weighted by Crippen LogP contribution is -2.51. The lowest BCUT2D eigenvalue weighted by atomic mass is 9.91. The highest BCUT2D eigenvalue weighted by Crippen LogP contribution is 2.35. The van der Waals surface area contributed by atoms with E-state index < -0.39 is 11.4 Å². The first kappa shape index (κ1) is 22.5. The number of ether oxygens (including phenoxy) is 2. The lowest BCUT2D eigenvalue weighted by Gasteiger charge is -2.31. The summed E-state index contributed by atoms with van der Waals surface area (Å²) in [5, 5.41) is 17.3. The Bertz CT molecular complexity index is 1180. The van der Waals surface area contributed by atoms with Crippen LogP contribution in [0.4, 0.5) is 0 Å². The molecule has 0 aliphatic carbocycles. The molecule has 1 aliphatic rings. The number of nitrogens with one attached hydrogen (secondary N) is 1. The van der Waals surface area contributed by atoms with Gasteiger partial charge in [0.15, 0.2) is 5.69 Å². The average Bonchev–Trinajstić information content (AvgIpc) is 3.17. The fraction of sp³-hybridized carbons (Fsp3) is 0.261. The van der Waals surface area contributed by atoms with Gasteiger partial charge in [-0.05, 0) is 58.4 Å². The summed E-state index contributed by atoms with van der Waals surface area (Å²) in [7, 11) is 1.61. The highest BCUT2D eigenvalue weighted by atomic mass is 79.9. The molecule has 0 radical (unpaired) electrons. The van der Waals surface area contributed by atoms with Crippen molar-refractivity contribution in [1.29, 1.82) is 5.26 Å². The van der Waals surface area contributed by atoms with Crippen LogP contribution in [0, 0.1) is 11.3 Å². The number of carbonyl (C=O) groups excluding carboxylic acids is 1. The first-order chi connectivity index (χ1) is 15.5. The zero-order valence-electron chi connectivity index (χ0n) is 17.3. The molecule has 1 amide bonds. The molecule has 1 N–H and O–H groups in total. The van der Waals surface area contributed by atoms with Gasteiger partial charge in [0.1, 0.15) is 11.3 Å². The molecule has 7 nitrogen and oxygen atoms in total. The fourth-order valence-corrected chi connectivity index (χ4v) is 4.64. The van der Waals surface area contributed by atoms with Crippen molar-refractivity contribution in [2.45, 2.75) is 18.4 Å². The quantitative estimate of drug-likeness (QED) is 0.481. The number of hydrogen-bond donors (Lipinski definition) is 1. The molecular weight excluding hydrogens is 540 g/mol. The van der Waals surface area contributed by atoms with Crippen molar-refractivity contribution in [2.24, 2.45) is 0 Å². The Hall–Kier alpha value is -2.67. The second-order valence-corrected chi connectivity index (χ2v) is 9.10. The third kappa shape index (κ3) is 4.44. The van der Waals surface area contributed by atoms with Gasteiger partial charge in [0.25, 0.3) is 5.91 Å². The summed E-state index contributed by atoms with van der Waals surface area (Å²) in [4.78, 5) is 13.3. The molecule has 32 heavy (non-hydrogen) atoms. The van der Waals surface area contributed by atoms with Crippen LogP contribution >= 0.6 is 31.9 Å². The number of aromatic nitrogens is 2. The van der Waals surface area contributed by atoms with Gasteiger partial charge in [0.05, 0.1) is 29.0 Å². The highest BCUT2D eigenvalue weighted by Gasteiger charge is 2.36. The van der Waals surface area contributed by atoms with Crippen molar-refractivity contribution in [3.8, 4) is 28.8 Å². The van der Waals surface area contributed by atoms with E-state index in [2.05, 4.69) is 48.3 Å². The number of benzene rings is 2. The highest BCUT2D eigenvalue weighted by molar-refractivity contribution is 9.11. The molecule has 0 spiro atoms. The second kappa shape index (κ2) is 9.45. The monoisotopic (exact) mass is 558 g/mol. The predicted molar refractivity (Wildman–Crippen MR) is 127 cm³/mol. The number of methoxy groups -OCH3 is 1. The van der Waals surface area contributed by atoms with E-state index in [1.165, 1.54) is 0 Å². The molecule has 1 aromatic heterocycles. The summed E-state index contributed by atoms with van der Waals surface area (Å²) in [5.41, 5.74) is 1.59. The van der Waals surface area contributed by atoms with Crippen LogP contribution in [0.15, 0.2) is 57.5 Å². The van der Waals surface area contributed by atoms with Crippen LogP contribution in [-0.2, 0) is 4.74 Å². The third-order valence-corrected chi connectivity index (χ3v) is 6.62. The molecule has 1 saturated heterocycles. The summed E-state index contributed by atoms with van der Waals surface area (Å²) in [6, 6.07) is 17.4. The van der Waals surface area contributed by atoms with Crippen molar-refractivity contribution in [2.75, 3.05) is 20.3 Å². The molecule has 0 bridgehead atoms. The van der Waals surface area contributed by atoms with E-state index in [9.17, 15) is 10.1 Å². The van der Waals surface area contributed by atoms with Crippen LogP contribution in [0.2, 0.25) is 0 Å². The van der Waals surface area contributed by atoms with Crippen molar-refractivity contribution < 1.29 is 14.3 Å². The average molecular weight is 560 g/mol. The van der Waals surface area contributed by atoms with Gasteiger partial charge in [-0.25, -0.2) is 4.68 Å². The number of carbonyl (C=O) groups is 1. The van der Waals surface area contributed by atoms with Gasteiger partial charge in [-0.1, -0.05) is 22.0 Å². The minimum absolute atomic E-state index is 0.205. The number of rotatable bonds is 5. The SMILES string of the molecule is COc1ccc(-c2c(Br)c(C(=O)NC3(C#N)CCOCC3)nn2-c2cccc(Br)c2)cc1. The van der Waals surface area contributed by atoms with Crippen molar-refractivity contribution in [1.82, 2.24) is 15.1 Å². The number of amides is 1. The van der Waals surface area contributed by atoms with E-state index in [-0.39, 0.29) is 5.69 Å². The Morgan fingerprint density at radius 2 is 1.94 bits per heavy atom. The van der Waals surface area contributed by atoms with E-state index in [1.54, 1.807) is 11.8 Å². The molecule has 4 rings (SSSR count). The van der Waals surface area contributed by atoms with Gasteiger partial charge in [-0.15, -0.1) is 0 Å². The molecule has 9 heteroatoms. The first-order valence-corrected chi connectivity index (χ1v) is 11.6. The maximum Gasteiger partial charge on any atom is 0.274 e. The molecule has 3 aromatic rings. The predicted octanol–water partition coefficient (Wildman–Crippen LogP) is 4.88. The van der Waals surface area contributed by atoms with Gasteiger partial charge < -0.3 is 14.8 Å². The Labute approximate surface area is 202 Å². The molecular formula is C23H20Br2N4O3. The summed E-state index contributed by atoms with van der Waals surface area (Å²) in [5.74, 6) is 0.315. The van der Waals surface area contributed by atoms with E-state index >= 15 is 0 Å². The smallest absolute Gasteiger partial charge is 0.274 e. The van der Waals surface area contributed by atoms with Gasteiger partial charge in [-0.3, -0.25) is 4.79 Å². The van der Waals surface area contributed by atoms with Crippen molar-refractivity contribution in [3.05, 3.63) is 63.2 Å².